The molecule has 0 heterocycles. The van der Waals surface area contributed by atoms with Crippen molar-refractivity contribution in [3.8, 4) is 23.0 Å². The fourth-order valence-corrected chi connectivity index (χ4v) is 6.27. The molecule has 0 unspecified atom stereocenters. The zero-order chi connectivity index (χ0) is 36.6. The molecular formula is C45H74N2O4. The van der Waals surface area contributed by atoms with Crippen molar-refractivity contribution in [2.75, 3.05) is 19.8 Å². The fourth-order valence-electron chi connectivity index (χ4n) is 6.27. The topological polar surface area (TPSA) is 83.6 Å². The number of phenolic OH excluding ortho intramolecular Hbond substituents is 2. The van der Waals surface area contributed by atoms with Crippen LogP contribution in [0.3, 0.4) is 0 Å². The van der Waals surface area contributed by atoms with Crippen molar-refractivity contribution in [1.29, 1.82) is 0 Å². The Kier molecular flexibility index (Phi) is 26.5. The number of aromatic hydroxyl groups is 2. The van der Waals surface area contributed by atoms with Crippen LogP contribution in [0.5, 0.6) is 23.0 Å². The van der Waals surface area contributed by atoms with Crippen LogP contribution in [-0.2, 0) is 0 Å². The molecule has 288 valence electrons. The van der Waals surface area contributed by atoms with Crippen molar-refractivity contribution in [1.82, 2.24) is 0 Å². The molecule has 2 N–H and O–H groups in total. The quantitative estimate of drug-likeness (QED) is 0.0571. The highest BCUT2D eigenvalue weighted by Gasteiger charge is 2.05. The van der Waals surface area contributed by atoms with Crippen molar-refractivity contribution in [2.45, 2.75) is 181 Å². The van der Waals surface area contributed by atoms with E-state index in [9.17, 15) is 10.2 Å². The number of nitrogens with zero attached hydrogens (tertiary/aromatic N) is 2. The van der Waals surface area contributed by atoms with Crippen LogP contribution in [0.1, 0.15) is 186 Å². The molecular weight excluding hydrogens is 633 g/mol. The average Bonchev–Trinajstić information content (AvgIpc) is 3.12. The molecule has 0 saturated carbocycles. The molecule has 0 amide bonds. The molecule has 0 fully saturated rings. The number of hydrogen-bond donors (Lipinski definition) is 2. The van der Waals surface area contributed by atoms with E-state index < -0.39 is 0 Å². The molecule has 6 heteroatoms. The summed E-state index contributed by atoms with van der Waals surface area (Å²) in [7, 11) is 0. The van der Waals surface area contributed by atoms with Gasteiger partial charge in [-0.1, -0.05) is 155 Å². The molecule has 0 aliphatic heterocycles. The summed E-state index contributed by atoms with van der Waals surface area (Å²) < 4.78 is 11.7. The minimum atomic E-state index is -0.0809. The van der Waals surface area contributed by atoms with Gasteiger partial charge in [0.05, 0.1) is 25.8 Å². The van der Waals surface area contributed by atoms with Crippen LogP contribution in [0.15, 0.2) is 46.4 Å². The molecule has 6 nitrogen and oxygen atoms in total. The molecule has 0 saturated heterocycles. The Morgan fingerprint density at radius 1 is 0.510 bits per heavy atom. The molecule has 2 rings (SSSR count). The number of rotatable bonds is 33. The molecule has 2 aromatic carbocycles. The maximum atomic E-state index is 10.5. The Morgan fingerprint density at radius 2 is 0.863 bits per heavy atom. The van der Waals surface area contributed by atoms with Gasteiger partial charge >= 0.3 is 0 Å². The smallest absolute Gasteiger partial charge is 0.128 e. The van der Waals surface area contributed by atoms with Gasteiger partial charge in [-0.25, -0.2) is 0 Å². The summed E-state index contributed by atoms with van der Waals surface area (Å²) in [5.41, 5.74) is 1.31. The maximum absolute atomic E-state index is 10.5. The zero-order valence-corrected chi connectivity index (χ0v) is 32.9. The number of phenols is 2. The minimum absolute atomic E-state index is 0.0809. The first kappa shape index (κ1) is 44.1. The van der Waals surface area contributed by atoms with Gasteiger partial charge in [-0.3, -0.25) is 9.98 Å². The second-order valence-corrected chi connectivity index (χ2v) is 14.5. The molecule has 51 heavy (non-hydrogen) atoms. The van der Waals surface area contributed by atoms with Crippen LogP contribution in [0.25, 0.3) is 0 Å². The lowest BCUT2D eigenvalue weighted by molar-refractivity contribution is 0.302. The normalized spacial score (nSPS) is 12.3. The first-order chi connectivity index (χ1) is 25.0. The van der Waals surface area contributed by atoms with Gasteiger partial charge in [0.15, 0.2) is 0 Å². The van der Waals surface area contributed by atoms with Crippen LogP contribution in [-0.4, -0.2) is 48.4 Å². The Bertz CT molecular complexity index is 1180. The predicted octanol–water partition coefficient (Wildman–Crippen LogP) is 13.2. The summed E-state index contributed by atoms with van der Waals surface area (Å²) in [6, 6.07) is 10.7. The van der Waals surface area contributed by atoms with Gasteiger partial charge in [0, 0.05) is 35.7 Å². The minimum Gasteiger partial charge on any atom is -0.507 e. The molecule has 0 spiro atoms. The summed E-state index contributed by atoms with van der Waals surface area (Å²) in [5.74, 6) is 1.69. The number of benzene rings is 2. The molecule has 0 bridgehead atoms. The third-order valence-corrected chi connectivity index (χ3v) is 9.61. The monoisotopic (exact) mass is 707 g/mol. The lowest BCUT2D eigenvalue weighted by Crippen LogP contribution is -2.04. The van der Waals surface area contributed by atoms with Crippen LogP contribution in [0.2, 0.25) is 0 Å². The second kappa shape index (κ2) is 30.6. The summed E-state index contributed by atoms with van der Waals surface area (Å²) in [6.45, 7) is 8.33. The van der Waals surface area contributed by atoms with E-state index in [1.807, 2.05) is 31.2 Å². The third kappa shape index (κ3) is 23.2. The molecule has 2 aromatic rings. The molecule has 1 atom stereocenters. The predicted molar refractivity (Wildman–Crippen MR) is 219 cm³/mol. The van der Waals surface area contributed by atoms with Crippen LogP contribution in [0, 0.1) is 0 Å². The van der Waals surface area contributed by atoms with E-state index in [4.69, 9.17) is 9.47 Å². The lowest BCUT2D eigenvalue weighted by atomic mass is 10.1. The molecule has 0 aromatic heterocycles. The molecule has 0 aliphatic carbocycles. The van der Waals surface area contributed by atoms with Gasteiger partial charge in [0.1, 0.15) is 23.0 Å². The first-order valence-corrected chi connectivity index (χ1v) is 21.0. The van der Waals surface area contributed by atoms with Crippen molar-refractivity contribution in [3.05, 3.63) is 47.5 Å². The highest BCUT2D eigenvalue weighted by molar-refractivity contribution is 5.84. The largest absolute Gasteiger partial charge is 0.507 e. The highest BCUT2D eigenvalue weighted by atomic mass is 16.5. The van der Waals surface area contributed by atoms with E-state index in [1.54, 1.807) is 24.6 Å². The van der Waals surface area contributed by atoms with Crippen LogP contribution < -0.4 is 9.47 Å². The number of unbranched alkanes of at least 4 members (excludes halogenated alkanes) is 22. The summed E-state index contributed by atoms with van der Waals surface area (Å²) in [6.07, 6.45) is 35.0. The van der Waals surface area contributed by atoms with Crippen LogP contribution in [0.4, 0.5) is 0 Å². The van der Waals surface area contributed by atoms with Crippen molar-refractivity contribution in [2.24, 2.45) is 9.98 Å². The summed E-state index contributed by atoms with van der Waals surface area (Å²) in [4.78, 5) is 9.04. The van der Waals surface area contributed by atoms with Gasteiger partial charge in [-0.05, 0) is 44.0 Å². The first-order valence-electron chi connectivity index (χ1n) is 21.0. The average molecular weight is 707 g/mol. The van der Waals surface area contributed by atoms with Gasteiger partial charge in [0.25, 0.3) is 0 Å². The van der Waals surface area contributed by atoms with Gasteiger partial charge in [0.2, 0.25) is 0 Å². The van der Waals surface area contributed by atoms with Gasteiger partial charge in [-0.2, -0.15) is 0 Å². The Hall–Kier alpha value is -3.02. The SMILES string of the molecule is CCCCCCCCCCCCCCOc1ccc(C=NC[C@H](C)N=Cc2ccc(OCCCCCCCCCCCCCC)cc2O)c(O)c1. The van der Waals surface area contributed by atoms with E-state index in [0.29, 0.717) is 42.4 Å². The number of aliphatic imine (C=N–C) groups is 2. The van der Waals surface area contributed by atoms with Crippen molar-refractivity contribution < 1.29 is 19.7 Å². The number of ether oxygens (including phenoxy) is 2. The maximum Gasteiger partial charge on any atom is 0.128 e. The van der Waals surface area contributed by atoms with Gasteiger partial charge in [-0.15, -0.1) is 0 Å². The Morgan fingerprint density at radius 3 is 1.24 bits per heavy atom. The van der Waals surface area contributed by atoms with E-state index in [0.717, 1.165) is 12.8 Å². The Labute approximate surface area is 312 Å². The summed E-state index contributed by atoms with van der Waals surface area (Å²) in [5, 5.41) is 21.0. The van der Waals surface area contributed by atoms with Crippen LogP contribution >= 0.6 is 0 Å². The van der Waals surface area contributed by atoms with Gasteiger partial charge < -0.3 is 19.7 Å². The zero-order valence-electron chi connectivity index (χ0n) is 32.9. The van der Waals surface area contributed by atoms with E-state index in [1.165, 1.54) is 141 Å². The van der Waals surface area contributed by atoms with Crippen molar-refractivity contribution in [3.63, 3.8) is 0 Å². The Balaban J connectivity index is 1.55. The van der Waals surface area contributed by atoms with E-state index >= 15 is 0 Å². The molecule has 0 aliphatic rings. The van der Waals surface area contributed by atoms with E-state index in [-0.39, 0.29) is 17.5 Å². The third-order valence-electron chi connectivity index (χ3n) is 9.61. The molecule has 0 radical (unpaired) electrons. The second-order valence-electron chi connectivity index (χ2n) is 14.5. The van der Waals surface area contributed by atoms with E-state index in [2.05, 4.69) is 23.8 Å². The standard InChI is InChI=1S/C45H74N2O4/c1-4-6-8-10-12-14-16-18-20-22-24-26-32-50-42-30-28-40(44(48)34-42)37-46-36-39(3)47-38-41-29-31-43(35-45(41)49)51-33-27-25-23-21-19-17-15-13-11-9-7-5-2/h28-31,34-35,37-39,48-49H,4-27,32-33,36H2,1-3H3/t39-/m0/s1. The highest BCUT2D eigenvalue weighted by Crippen LogP contribution is 2.24. The summed E-state index contributed by atoms with van der Waals surface area (Å²) >= 11 is 0. The number of hydrogen-bond acceptors (Lipinski definition) is 6. The fraction of sp³-hybridized carbons (Fsp3) is 0.689. The van der Waals surface area contributed by atoms with Crippen molar-refractivity contribution >= 4 is 12.4 Å². The lowest BCUT2D eigenvalue weighted by Gasteiger charge is -2.09.